The lowest BCUT2D eigenvalue weighted by molar-refractivity contribution is -0.137. The van der Waals surface area contributed by atoms with Gasteiger partial charge in [0.2, 0.25) is 5.91 Å². The summed E-state index contributed by atoms with van der Waals surface area (Å²) in [5, 5.41) is 9.54. The summed E-state index contributed by atoms with van der Waals surface area (Å²) in [7, 11) is 0. The van der Waals surface area contributed by atoms with Gasteiger partial charge in [-0.25, -0.2) is 0 Å². The molecule has 0 aliphatic heterocycles. The van der Waals surface area contributed by atoms with E-state index in [-0.39, 0.29) is 18.0 Å². The Kier molecular flexibility index (Phi) is 8.37. The van der Waals surface area contributed by atoms with Gasteiger partial charge in [0.15, 0.2) is 0 Å². The van der Waals surface area contributed by atoms with Crippen LogP contribution in [0, 0.1) is 0 Å². The molecule has 1 aliphatic carbocycles. The molecule has 0 aromatic heterocycles. The van der Waals surface area contributed by atoms with Crippen molar-refractivity contribution in [2.75, 3.05) is 13.1 Å². The monoisotopic (exact) mass is 481 g/mol. The van der Waals surface area contributed by atoms with Crippen molar-refractivity contribution >= 4 is 23.4 Å². The number of hydrogen-bond acceptors (Lipinski definition) is 3. The molecule has 0 radical (unpaired) electrons. The molecule has 2 aromatic rings. The molecule has 1 saturated carbocycles. The standard InChI is InChI=1S/C24H27ClF3N3O2/c25-20-9-7-17(8-10-20)14-29-16-23(11-2-1-3-12-23)31-21(32)15-30-22(33)18-5-4-6-19(13-18)24(26,27)28/h4-10,13,29H,1-3,11-12,14-16H2,(H,30,33)(H,31,32). The Morgan fingerprint density at radius 1 is 1.00 bits per heavy atom. The van der Waals surface area contributed by atoms with Crippen molar-refractivity contribution < 1.29 is 22.8 Å². The topological polar surface area (TPSA) is 70.2 Å². The molecule has 178 valence electrons. The summed E-state index contributed by atoms with van der Waals surface area (Å²) in [4.78, 5) is 24.9. The largest absolute Gasteiger partial charge is 0.416 e. The van der Waals surface area contributed by atoms with E-state index < -0.39 is 23.2 Å². The quantitative estimate of drug-likeness (QED) is 0.512. The van der Waals surface area contributed by atoms with Gasteiger partial charge in [-0.2, -0.15) is 13.2 Å². The Morgan fingerprint density at radius 3 is 2.36 bits per heavy atom. The average Bonchev–Trinajstić information content (AvgIpc) is 2.79. The van der Waals surface area contributed by atoms with Gasteiger partial charge < -0.3 is 16.0 Å². The lowest BCUT2D eigenvalue weighted by Gasteiger charge is -2.38. The molecule has 33 heavy (non-hydrogen) atoms. The number of amides is 2. The van der Waals surface area contributed by atoms with Gasteiger partial charge >= 0.3 is 6.18 Å². The van der Waals surface area contributed by atoms with Crippen LogP contribution in [0.5, 0.6) is 0 Å². The van der Waals surface area contributed by atoms with Gasteiger partial charge in [0, 0.05) is 23.7 Å². The lowest BCUT2D eigenvalue weighted by atomic mass is 9.81. The van der Waals surface area contributed by atoms with Gasteiger partial charge in [0.05, 0.1) is 17.6 Å². The lowest BCUT2D eigenvalue weighted by Crippen LogP contribution is -2.57. The summed E-state index contributed by atoms with van der Waals surface area (Å²) in [6.45, 7) is 0.887. The van der Waals surface area contributed by atoms with E-state index in [0.29, 0.717) is 18.1 Å². The van der Waals surface area contributed by atoms with E-state index in [4.69, 9.17) is 11.6 Å². The Hall–Kier alpha value is -2.58. The van der Waals surface area contributed by atoms with Crippen molar-refractivity contribution in [1.82, 2.24) is 16.0 Å². The zero-order valence-electron chi connectivity index (χ0n) is 18.1. The van der Waals surface area contributed by atoms with E-state index >= 15 is 0 Å². The second kappa shape index (κ2) is 11.0. The van der Waals surface area contributed by atoms with Crippen LogP contribution < -0.4 is 16.0 Å². The van der Waals surface area contributed by atoms with Crippen LogP contribution in [0.25, 0.3) is 0 Å². The second-order valence-corrected chi connectivity index (χ2v) is 8.82. The van der Waals surface area contributed by atoms with Gasteiger partial charge in [0.1, 0.15) is 0 Å². The average molecular weight is 482 g/mol. The highest BCUT2D eigenvalue weighted by molar-refractivity contribution is 6.30. The Labute approximate surface area is 196 Å². The van der Waals surface area contributed by atoms with E-state index in [1.807, 2.05) is 24.3 Å². The van der Waals surface area contributed by atoms with Crippen molar-refractivity contribution in [2.24, 2.45) is 0 Å². The first-order chi connectivity index (χ1) is 15.7. The fraction of sp³-hybridized carbons (Fsp3) is 0.417. The molecule has 9 heteroatoms. The second-order valence-electron chi connectivity index (χ2n) is 8.38. The maximum Gasteiger partial charge on any atom is 0.416 e. The highest BCUT2D eigenvalue weighted by Gasteiger charge is 2.33. The van der Waals surface area contributed by atoms with Crippen molar-refractivity contribution in [3.63, 3.8) is 0 Å². The molecule has 2 aromatic carbocycles. The predicted octanol–water partition coefficient (Wildman–Crippen LogP) is 4.70. The molecule has 5 nitrogen and oxygen atoms in total. The summed E-state index contributed by atoms with van der Waals surface area (Å²) >= 11 is 5.92. The van der Waals surface area contributed by atoms with E-state index in [9.17, 15) is 22.8 Å². The summed E-state index contributed by atoms with van der Waals surface area (Å²) in [6.07, 6.45) is 0.155. The molecule has 0 bridgehead atoms. The number of hydrogen-bond donors (Lipinski definition) is 3. The van der Waals surface area contributed by atoms with Crippen molar-refractivity contribution in [3.8, 4) is 0 Å². The van der Waals surface area contributed by atoms with Gasteiger partial charge in [0.25, 0.3) is 5.91 Å². The Balaban J connectivity index is 1.54. The number of carbonyl (C=O) groups excluding carboxylic acids is 2. The number of halogens is 4. The fourth-order valence-electron chi connectivity index (χ4n) is 4.06. The van der Waals surface area contributed by atoms with Gasteiger partial charge in [-0.1, -0.05) is 49.1 Å². The third kappa shape index (κ3) is 7.47. The summed E-state index contributed by atoms with van der Waals surface area (Å²) in [5.74, 6) is -1.10. The minimum absolute atomic E-state index is 0.144. The van der Waals surface area contributed by atoms with E-state index in [1.54, 1.807) is 0 Å². The highest BCUT2D eigenvalue weighted by Crippen LogP contribution is 2.30. The molecule has 0 saturated heterocycles. The van der Waals surface area contributed by atoms with E-state index in [1.165, 1.54) is 12.1 Å². The molecule has 0 heterocycles. The minimum atomic E-state index is -4.54. The molecular weight excluding hydrogens is 455 g/mol. The van der Waals surface area contributed by atoms with Crippen molar-refractivity contribution in [2.45, 2.75) is 50.4 Å². The van der Waals surface area contributed by atoms with Crippen molar-refractivity contribution in [3.05, 3.63) is 70.2 Å². The number of nitrogens with one attached hydrogen (secondary N) is 3. The minimum Gasteiger partial charge on any atom is -0.348 e. The maximum absolute atomic E-state index is 12.9. The van der Waals surface area contributed by atoms with Crippen LogP contribution in [-0.2, 0) is 17.5 Å². The maximum atomic E-state index is 12.9. The normalized spacial score (nSPS) is 15.6. The van der Waals surface area contributed by atoms with Crippen LogP contribution >= 0.6 is 11.6 Å². The highest BCUT2D eigenvalue weighted by atomic mass is 35.5. The molecule has 2 amide bonds. The Morgan fingerprint density at radius 2 is 1.70 bits per heavy atom. The zero-order chi connectivity index (χ0) is 23.9. The number of benzene rings is 2. The first kappa shape index (κ1) is 25.1. The summed E-state index contributed by atoms with van der Waals surface area (Å²) < 4.78 is 38.6. The molecular formula is C24H27ClF3N3O2. The van der Waals surface area contributed by atoms with Gasteiger partial charge in [-0.15, -0.1) is 0 Å². The van der Waals surface area contributed by atoms with E-state index in [2.05, 4.69) is 16.0 Å². The molecule has 0 spiro atoms. The summed E-state index contributed by atoms with van der Waals surface area (Å²) in [6, 6.07) is 11.6. The van der Waals surface area contributed by atoms with Crippen LogP contribution in [0.2, 0.25) is 5.02 Å². The first-order valence-electron chi connectivity index (χ1n) is 10.9. The van der Waals surface area contributed by atoms with Gasteiger partial charge in [-0.3, -0.25) is 9.59 Å². The fourth-order valence-corrected chi connectivity index (χ4v) is 4.19. The predicted molar refractivity (Wildman–Crippen MR) is 121 cm³/mol. The molecule has 1 fully saturated rings. The van der Waals surface area contributed by atoms with Crippen LogP contribution in [0.1, 0.15) is 53.6 Å². The van der Waals surface area contributed by atoms with Crippen LogP contribution in [0.15, 0.2) is 48.5 Å². The van der Waals surface area contributed by atoms with Crippen LogP contribution in [0.4, 0.5) is 13.2 Å². The van der Waals surface area contributed by atoms with E-state index in [0.717, 1.165) is 49.8 Å². The van der Waals surface area contributed by atoms with Crippen molar-refractivity contribution in [1.29, 1.82) is 0 Å². The summed E-state index contributed by atoms with van der Waals surface area (Å²) in [5.41, 5.74) is -0.407. The molecule has 3 N–H and O–H groups in total. The smallest absolute Gasteiger partial charge is 0.348 e. The number of alkyl halides is 3. The van der Waals surface area contributed by atoms with Gasteiger partial charge in [-0.05, 0) is 48.7 Å². The zero-order valence-corrected chi connectivity index (χ0v) is 18.9. The third-order valence-electron chi connectivity index (χ3n) is 5.78. The van der Waals surface area contributed by atoms with Crippen LogP contribution in [-0.4, -0.2) is 30.4 Å². The SMILES string of the molecule is O=C(CNC(=O)c1cccc(C(F)(F)F)c1)NC1(CNCc2ccc(Cl)cc2)CCCCC1. The molecule has 3 rings (SSSR count). The number of carbonyl (C=O) groups is 2. The molecule has 1 aliphatic rings. The van der Waals surface area contributed by atoms with Crippen LogP contribution in [0.3, 0.4) is 0 Å². The third-order valence-corrected chi connectivity index (χ3v) is 6.03. The Bertz CT molecular complexity index is 958. The molecule has 0 atom stereocenters. The molecule has 0 unspecified atom stereocenters. The number of rotatable bonds is 8. The first-order valence-corrected chi connectivity index (χ1v) is 11.3.